The molecular weight excluding hydrogens is 338 g/mol. The van der Waals surface area contributed by atoms with E-state index in [1.54, 1.807) is 17.9 Å². The Morgan fingerprint density at radius 2 is 2.08 bits per heavy atom. The molecule has 0 radical (unpaired) electrons. The number of hydrogen-bond acceptors (Lipinski definition) is 6. The van der Waals surface area contributed by atoms with E-state index >= 15 is 0 Å². The Morgan fingerprint density at radius 3 is 2.88 bits per heavy atom. The van der Waals surface area contributed by atoms with E-state index in [9.17, 15) is 4.79 Å². The highest BCUT2D eigenvalue weighted by atomic mass is 32.2. The van der Waals surface area contributed by atoms with Crippen LogP contribution in [0.4, 0.5) is 5.69 Å². The first-order chi connectivity index (χ1) is 12.2. The second kappa shape index (κ2) is 7.91. The first kappa shape index (κ1) is 17.1. The first-order valence-corrected chi connectivity index (χ1v) is 8.76. The SMILES string of the molecule is COCc1cccc(C(=O)Nc2cccc(-n3nnnc3SC)c2)c1. The molecule has 0 aliphatic rings. The number of aromatic nitrogens is 4. The van der Waals surface area contributed by atoms with Gasteiger partial charge >= 0.3 is 0 Å². The fourth-order valence-electron chi connectivity index (χ4n) is 2.36. The van der Waals surface area contributed by atoms with Crippen LogP contribution >= 0.6 is 11.8 Å². The summed E-state index contributed by atoms with van der Waals surface area (Å²) in [5, 5.41) is 15.2. The highest BCUT2D eigenvalue weighted by Crippen LogP contribution is 2.19. The maximum absolute atomic E-state index is 12.5. The van der Waals surface area contributed by atoms with Crippen molar-refractivity contribution >= 4 is 23.4 Å². The van der Waals surface area contributed by atoms with Gasteiger partial charge in [0.25, 0.3) is 5.91 Å². The van der Waals surface area contributed by atoms with Crippen LogP contribution in [0, 0.1) is 0 Å². The largest absolute Gasteiger partial charge is 0.380 e. The van der Waals surface area contributed by atoms with Crippen molar-refractivity contribution in [3.63, 3.8) is 0 Å². The molecule has 2 aromatic carbocycles. The number of nitrogens with zero attached hydrogens (tertiary/aromatic N) is 4. The first-order valence-electron chi connectivity index (χ1n) is 7.53. The van der Waals surface area contributed by atoms with Gasteiger partial charge in [-0.05, 0) is 52.6 Å². The summed E-state index contributed by atoms with van der Waals surface area (Å²) in [6.45, 7) is 0.466. The zero-order valence-electron chi connectivity index (χ0n) is 13.8. The van der Waals surface area contributed by atoms with E-state index in [-0.39, 0.29) is 5.91 Å². The van der Waals surface area contributed by atoms with Gasteiger partial charge in [0.1, 0.15) is 0 Å². The average molecular weight is 355 g/mol. The number of ether oxygens (including phenoxy) is 1. The van der Waals surface area contributed by atoms with Gasteiger partial charge in [0.2, 0.25) is 5.16 Å². The molecule has 0 atom stereocenters. The average Bonchev–Trinajstić information content (AvgIpc) is 3.11. The van der Waals surface area contributed by atoms with E-state index in [0.717, 1.165) is 11.3 Å². The molecule has 1 N–H and O–H groups in total. The van der Waals surface area contributed by atoms with Crippen molar-refractivity contribution in [1.29, 1.82) is 0 Å². The molecule has 3 rings (SSSR count). The Morgan fingerprint density at radius 1 is 1.24 bits per heavy atom. The number of anilines is 1. The van der Waals surface area contributed by atoms with E-state index in [4.69, 9.17) is 4.74 Å². The lowest BCUT2D eigenvalue weighted by Gasteiger charge is -2.09. The third kappa shape index (κ3) is 4.04. The van der Waals surface area contributed by atoms with Gasteiger partial charge in [-0.15, -0.1) is 5.10 Å². The van der Waals surface area contributed by atoms with Crippen molar-refractivity contribution in [2.24, 2.45) is 0 Å². The fraction of sp³-hybridized carbons (Fsp3) is 0.176. The molecule has 0 saturated heterocycles. The topological polar surface area (TPSA) is 81.9 Å². The standard InChI is InChI=1S/C17H17N5O2S/c1-24-11-12-5-3-6-13(9-12)16(23)18-14-7-4-8-15(10-14)22-17(25-2)19-20-21-22/h3-10H,11H2,1-2H3,(H,18,23). The van der Waals surface area contributed by atoms with Gasteiger partial charge in [-0.25, -0.2) is 0 Å². The minimum Gasteiger partial charge on any atom is -0.380 e. The summed E-state index contributed by atoms with van der Waals surface area (Å²) in [6, 6.07) is 14.7. The van der Waals surface area contributed by atoms with E-state index in [1.807, 2.05) is 48.7 Å². The Hall–Kier alpha value is -2.71. The molecule has 0 bridgehead atoms. The van der Waals surface area contributed by atoms with Crippen molar-refractivity contribution in [2.45, 2.75) is 11.8 Å². The maximum atomic E-state index is 12.5. The number of tetrazole rings is 1. The van der Waals surface area contributed by atoms with Crippen LogP contribution in [0.3, 0.4) is 0 Å². The zero-order valence-corrected chi connectivity index (χ0v) is 14.7. The van der Waals surface area contributed by atoms with E-state index < -0.39 is 0 Å². The summed E-state index contributed by atoms with van der Waals surface area (Å²) in [6.07, 6.45) is 1.90. The Kier molecular flexibility index (Phi) is 5.42. The summed E-state index contributed by atoms with van der Waals surface area (Å²) in [7, 11) is 1.63. The zero-order chi connectivity index (χ0) is 17.6. The number of methoxy groups -OCH3 is 1. The fourth-order valence-corrected chi connectivity index (χ4v) is 2.79. The van der Waals surface area contributed by atoms with E-state index in [1.165, 1.54) is 11.8 Å². The third-order valence-corrected chi connectivity index (χ3v) is 4.09. The monoisotopic (exact) mass is 355 g/mol. The number of rotatable bonds is 6. The number of carbonyl (C=O) groups is 1. The van der Waals surface area contributed by atoms with Gasteiger partial charge in [0, 0.05) is 18.4 Å². The molecule has 0 aliphatic heterocycles. The molecule has 1 heterocycles. The lowest BCUT2D eigenvalue weighted by atomic mass is 10.1. The van der Waals surface area contributed by atoms with Gasteiger partial charge in [0.05, 0.1) is 12.3 Å². The van der Waals surface area contributed by atoms with Crippen LogP contribution in [0.25, 0.3) is 5.69 Å². The van der Waals surface area contributed by atoms with Crippen LogP contribution in [0.5, 0.6) is 0 Å². The van der Waals surface area contributed by atoms with E-state index in [0.29, 0.717) is 23.0 Å². The van der Waals surface area contributed by atoms with E-state index in [2.05, 4.69) is 20.8 Å². The molecule has 25 heavy (non-hydrogen) atoms. The number of carbonyl (C=O) groups excluding carboxylic acids is 1. The van der Waals surface area contributed by atoms with Crippen LogP contribution in [-0.2, 0) is 11.3 Å². The van der Waals surface area contributed by atoms with Crippen LogP contribution in [0.2, 0.25) is 0 Å². The Bertz CT molecular complexity index is 881. The summed E-state index contributed by atoms with van der Waals surface area (Å²) >= 11 is 1.45. The van der Waals surface area contributed by atoms with Crippen molar-refractivity contribution in [3.05, 3.63) is 59.7 Å². The quantitative estimate of drug-likeness (QED) is 0.685. The summed E-state index contributed by atoms with van der Waals surface area (Å²) in [4.78, 5) is 12.5. The predicted molar refractivity (Wildman–Crippen MR) is 96.0 cm³/mol. The smallest absolute Gasteiger partial charge is 0.255 e. The van der Waals surface area contributed by atoms with Crippen LogP contribution < -0.4 is 5.32 Å². The van der Waals surface area contributed by atoms with Gasteiger partial charge in [-0.1, -0.05) is 30.0 Å². The van der Waals surface area contributed by atoms with Gasteiger partial charge < -0.3 is 10.1 Å². The van der Waals surface area contributed by atoms with Gasteiger partial charge in [-0.2, -0.15) is 4.68 Å². The highest BCUT2D eigenvalue weighted by Gasteiger charge is 2.10. The summed E-state index contributed by atoms with van der Waals surface area (Å²) in [5.41, 5.74) is 2.97. The molecule has 1 aromatic heterocycles. The molecule has 0 spiro atoms. The van der Waals surface area contributed by atoms with Gasteiger partial charge in [-0.3, -0.25) is 4.79 Å². The van der Waals surface area contributed by atoms with Crippen LogP contribution in [-0.4, -0.2) is 39.5 Å². The van der Waals surface area contributed by atoms with Crippen LogP contribution in [0.15, 0.2) is 53.7 Å². The second-order valence-corrected chi connectivity index (χ2v) is 5.99. The number of thioether (sulfide) groups is 1. The number of benzene rings is 2. The van der Waals surface area contributed by atoms with Crippen molar-refractivity contribution < 1.29 is 9.53 Å². The normalized spacial score (nSPS) is 10.6. The third-order valence-electron chi connectivity index (χ3n) is 3.47. The lowest BCUT2D eigenvalue weighted by molar-refractivity contribution is 0.102. The van der Waals surface area contributed by atoms with Gasteiger partial charge in [0.15, 0.2) is 0 Å². The summed E-state index contributed by atoms with van der Waals surface area (Å²) < 4.78 is 6.73. The maximum Gasteiger partial charge on any atom is 0.255 e. The molecule has 0 saturated carbocycles. The number of hydrogen-bond donors (Lipinski definition) is 1. The molecule has 0 fully saturated rings. The molecular formula is C17H17N5O2S. The molecule has 3 aromatic rings. The Labute approximate surface area is 149 Å². The molecule has 1 amide bonds. The minimum atomic E-state index is -0.183. The molecule has 0 unspecified atom stereocenters. The summed E-state index contributed by atoms with van der Waals surface area (Å²) in [5.74, 6) is -0.183. The molecule has 128 valence electrons. The number of amides is 1. The molecule has 0 aliphatic carbocycles. The van der Waals surface area contributed by atoms with Crippen molar-refractivity contribution in [3.8, 4) is 5.69 Å². The van der Waals surface area contributed by atoms with Crippen molar-refractivity contribution in [2.75, 3.05) is 18.7 Å². The Balaban J connectivity index is 1.80. The lowest BCUT2D eigenvalue weighted by Crippen LogP contribution is -2.12. The highest BCUT2D eigenvalue weighted by molar-refractivity contribution is 7.98. The number of nitrogens with one attached hydrogen (secondary N) is 1. The molecule has 7 nitrogen and oxygen atoms in total. The van der Waals surface area contributed by atoms with Crippen LogP contribution in [0.1, 0.15) is 15.9 Å². The van der Waals surface area contributed by atoms with Crippen molar-refractivity contribution in [1.82, 2.24) is 20.2 Å². The predicted octanol–water partition coefficient (Wildman–Crippen LogP) is 2.78. The molecule has 8 heteroatoms. The second-order valence-electron chi connectivity index (χ2n) is 5.22. The minimum absolute atomic E-state index is 0.183.